The maximum atomic E-state index is 12.8. The van der Waals surface area contributed by atoms with E-state index in [1.54, 1.807) is 16.0 Å². The zero-order valence-electron chi connectivity index (χ0n) is 27.4. The predicted molar refractivity (Wildman–Crippen MR) is 176 cm³/mol. The molecule has 0 unspecified atom stereocenters. The molecule has 4 heterocycles. The number of ether oxygens (including phenoxy) is 2. The summed E-state index contributed by atoms with van der Waals surface area (Å²) in [6.07, 6.45) is 6.43. The van der Waals surface area contributed by atoms with Crippen molar-refractivity contribution >= 4 is 23.0 Å². The van der Waals surface area contributed by atoms with Gasteiger partial charge in [0.15, 0.2) is 0 Å². The second-order valence-corrected chi connectivity index (χ2v) is 14.1. The summed E-state index contributed by atoms with van der Waals surface area (Å²) in [5.41, 5.74) is 2.42. The van der Waals surface area contributed by atoms with E-state index in [0.717, 1.165) is 64.9 Å². The second-order valence-electron chi connectivity index (χ2n) is 14.1. The third-order valence-electron chi connectivity index (χ3n) is 8.08. The van der Waals surface area contributed by atoms with E-state index in [1.807, 2.05) is 53.8 Å². The van der Waals surface area contributed by atoms with Crippen molar-refractivity contribution in [2.45, 2.75) is 90.5 Å². The number of likely N-dealkylation sites (tertiary alicyclic amines) is 2. The van der Waals surface area contributed by atoms with Crippen LogP contribution in [0.4, 0.5) is 9.59 Å². The summed E-state index contributed by atoms with van der Waals surface area (Å²) in [7, 11) is 0. The van der Waals surface area contributed by atoms with Crippen LogP contribution in [0.15, 0.2) is 48.8 Å². The fraction of sp³-hybridized carbons (Fsp3) is 0.444. The summed E-state index contributed by atoms with van der Waals surface area (Å²) in [4.78, 5) is 45.0. The summed E-state index contributed by atoms with van der Waals surface area (Å²) < 4.78 is 11.2. The molecule has 2 amide bonds. The molecule has 2 fully saturated rings. The Hall–Kier alpha value is -4.78. The van der Waals surface area contributed by atoms with Crippen LogP contribution in [-0.4, -0.2) is 66.2 Å². The van der Waals surface area contributed by atoms with Crippen molar-refractivity contribution < 1.29 is 19.1 Å². The summed E-state index contributed by atoms with van der Waals surface area (Å²) in [5.74, 6) is 7.94. The smallest absolute Gasteiger partial charge is 0.410 e. The monoisotopic (exact) mass is 622 g/mol. The average molecular weight is 623 g/mol. The van der Waals surface area contributed by atoms with Gasteiger partial charge in [-0.25, -0.2) is 19.6 Å². The molecule has 0 saturated carbocycles. The topological polar surface area (TPSA) is 116 Å². The number of nitrogens with one attached hydrogen (secondary N) is 2. The lowest BCUT2D eigenvalue weighted by Crippen LogP contribution is -2.36. The molecule has 0 aliphatic carbocycles. The molecule has 0 spiro atoms. The molecule has 10 nitrogen and oxygen atoms in total. The number of H-pyrrole nitrogens is 2. The van der Waals surface area contributed by atoms with Crippen LogP contribution in [0, 0.1) is 11.8 Å². The predicted octanol–water partition coefficient (Wildman–Crippen LogP) is 7.50. The molecule has 10 heteroatoms. The van der Waals surface area contributed by atoms with Gasteiger partial charge in [-0.3, -0.25) is 9.80 Å². The minimum Gasteiger partial charge on any atom is -0.444 e. The first-order chi connectivity index (χ1) is 21.8. The van der Waals surface area contributed by atoms with Gasteiger partial charge in [0.05, 0.1) is 30.2 Å². The molecular weight excluding hydrogens is 580 g/mol. The molecule has 6 rings (SSSR count). The van der Waals surface area contributed by atoms with Gasteiger partial charge >= 0.3 is 12.2 Å². The van der Waals surface area contributed by atoms with E-state index in [2.05, 4.69) is 62.1 Å². The van der Waals surface area contributed by atoms with Gasteiger partial charge in [0.25, 0.3) is 0 Å². The number of hydrogen-bond acceptors (Lipinski definition) is 6. The minimum absolute atomic E-state index is 0.127. The number of imidazole rings is 2. The van der Waals surface area contributed by atoms with Crippen LogP contribution < -0.4 is 0 Å². The highest BCUT2D eigenvalue weighted by atomic mass is 16.6. The largest absolute Gasteiger partial charge is 0.444 e. The summed E-state index contributed by atoms with van der Waals surface area (Å²) in [5, 5.41) is 2.16. The maximum absolute atomic E-state index is 12.8. The Balaban J connectivity index is 1.14. The van der Waals surface area contributed by atoms with Crippen LogP contribution in [0.1, 0.15) is 102 Å². The number of carbonyl (C=O) groups excluding carboxylic acids is 2. The van der Waals surface area contributed by atoms with Gasteiger partial charge in [-0.2, -0.15) is 0 Å². The van der Waals surface area contributed by atoms with Crippen molar-refractivity contribution in [3.05, 3.63) is 71.7 Å². The SMILES string of the molecule is CC(C)(C)OC(=O)N1CCC[C@H]1c1ncc(C#Cc2ccc3cc(-c4cnc([C@@H]5CCCN5C(=O)OC(C)(C)C)[nH]4)ccc3c2)[nH]1. The molecule has 46 heavy (non-hydrogen) atoms. The lowest BCUT2D eigenvalue weighted by Gasteiger charge is -2.27. The number of amides is 2. The molecule has 2 aromatic carbocycles. The lowest BCUT2D eigenvalue weighted by molar-refractivity contribution is 0.0208. The normalized spacial score (nSPS) is 18.5. The van der Waals surface area contributed by atoms with Crippen molar-refractivity contribution in [3.63, 3.8) is 0 Å². The van der Waals surface area contributed by atoms with Crippen LogP contribution in [0.3, 0.4) is 0 Å². The molecule has 2 aliphatic heterocycles. The van der Waals surface area contributed by atoms with Crippen LogP contribution in [0.2, 0.25) is 0 Å². The van der Waals surface area contributed by atoms with Crippen LogP contribution >= 0.6 is 0 Å². The molecule has 2 aromatic heterocycles. The Morgan fingerprint density at radius 2 is 1.33 bits per heavy atom. The Kier molecular flexibility index (Phi) is 8.28. The molecule has 0 radical (unpaired) electrons. The molecule has 0 bridgehead atoms. The van der Waals surface area contributed by atoms with E-state index in [9.17, 15) is 9.59 Å². The maximum Gasteiger partial charge on any atom is 0.410 e. The number of nitrogens with zero attached hydrogens (tertiary/aromatic N) is 4. The van der Waals surface area contributed by atoms with Crippen molar-refractivity contribution in [1.29, 1.82) is 0 Å². The Morgan fingerprint density at radius 1 is 0.761 bits per heavy atom. The van der Waals surface area contributed by atoms with Gasteiger partial charge in [-0.1, -0.05) is 24.1 Å². The van der Waals surface area contributed by atoms with Crippen LogP contribution in [-0.2, 0) is 9.47 Å². The van der Waals surface area contributed by atoms with E-state index in [4.69, 9.17) is 9.47 Å². The highest BCUT2D eigenvalue weighted by molar-refractivity contribution is 5.88. The van der Waals surface area contributed by atoms with E-state index >= 15 is 0 Å². The van der Waals surface area contributed by atoms with Crippen molar-refractivity contribution in [1.82, 2.24) is 29.7 Å². The number of carbonyl (C=O) groups is 2. The summed E-state index contributed by atoms with van der Waals surface area (Å²) in [6.45, 7) is 12.6. The Morgan fingerprint density at radius 3 is 1.96 bits per heavy atom. The first-order valence-corrected chi connectivity index (χ1v) is 16.0. The Labute approximate surface area is 269 Å². The number of hydrogen-bond donors (Lipinski definition) is 2. The van der Waals surface area contributed by atoms with Gasteiger partial charge < -0.3 is 19.4 Å². The first-order valence-electron chi connectivity index (χ1n) is 16.0. The number of fused-ring (bicyclic) bond motifs is 1. The highest BCUT2D eigenvalue weighted by Crippen LogP contribution is 2.34. The molecule has 4 aromatic rings. The second kappa shape index (κ2) is 12.2. The first kappa shape index (κ1) is 31.2. The molecule has 2 atom stereocenters. The molecule has 2 aliphatic rings. The van der Waals surface area contributed by atoms with E-state index < -0.39 is 11.2 Å². The third-order valence-corrected chi connectivity index (χ3v) is 8.08. The third kappa shape index (κ3) is 7.04. The summed E-state index contributed by atoms with van der Waals surface area (Å²) in [6, 6.07) is 12.1. The van der Waals surface area contributed by atoms with Crippen LogP contribution in [0.5, 0.6) is 0 Å². The van der Waals surface area contributed by atoms with Gasteiger partial charge in [-0.05, 0) is 102 Å². The quantitative estimate of drug-likeness (QED) is 0.229. The minimum atomic E-state index is -0.545. The van der Waals surface area contributed by atoms with Gasteiger partial charge in [0.1, 0.15) is 28.5 Å². The molecule has 240 valence electrons. The fourth-order valence-electron chi connectivity index (χ4n) is 6.03. The zero-order chi connectivity index (χ0) is 32.6. The van der Waals surface area contributed by atoms with E-state index in [-0.39, 0.29) is 24.3 Å². The van der Waals surface area contributed by atoms with Crippen molar-refractivity contribution in [3.8, 4) is 23.1 Å². The Bertz CT molecular complexity index is 1820. The molecule has 2 saturated heterocycles. The fourth-order valence-corrected chi connectivity index (χ4v) is 6.03. The molecular formula is C36H42N6O4. The molecule has 2 N–H and O–H groups in total. The van der Waals surface area contributed by atoms with Crippen molar-refractivity contribution in [2.75, 3.05) is 13.1 Å². The van der Waals surface area contributed by atoms with Gasteiger partial charge in [0, 0.05) is 24.2 Å². The average Bonchev–Trinajstić information content (AvgIpc) is 3.80. The van der Waals surface area contributed by atoms with Gasteiger partial charge in [0.2, 0.25) is 0 Å². The zero-order valence-corrected chi connectivity index (χ0v) is 27.4. The number of aromatic amines is 2. The number of rotatable bonds is 3. The van der Waals surface area contributed by atoms with Crippen LogP contribution in [0.25, 0.3) is 22.0 Å². The van der Waals surface area contributed by atoms with Gasteiger partial charge in [-0.15, -0.1) is 0 Å². The summed E-state index contributed by atoms with van der Waals surface area (Å²) >= 11 is 0. The number of aromatic nitrogens is 4. The highest BCUT2D eigenvalue weighted by Gasteiger charge is 2.36. The number of benzene rings is 2. The van der Waals surface area contributed by atoms with E-state index in [1.165, 1.54) is 0 Å². The standard InChI is InChI=1S/C36H42N6O4/c1-35(2,3)45-33(43)41-17-7-9-29(41)31-37-21-27(39-31)16-12-23-11-13-25-20-26(15-14-24(25)19-23)28-22-38-32(40-28)30-10-8-18-42(30)34(44)46-36(4,5)6/h11,13-15,19-22,29-30H,7-10,17-18H2,1-6H3,(H,37,39)(H,38,40)/t29-,30-/m0/s1. The lowest BCUT2D eigenvalue weighted by atomic mass is 10.0. The van der Waals surface area contributed by atoms with Crippen molar-refractivity contribution in [2.24, 2.45) is 0 Å². The van der Waals surface area contributed by atoms with E-state index in [0.29, 0.717) is 18.8 Å².